The maximum absolute atomic E-state index is 13.9. The van der Waals surface area contributed by atoms with Crippen molar-refractivity contribution in [2.75, 3.05) is 0 Å². The zero-order valence-corrected chi connectivity index (χ0v) is 13.5. The molecule has 0 aliphatic heterocycles. The van der Waals surface area contributed by atoms with E-state index in [2.05, 4.69) is 4.99 Å². The van der Waals surface area contributed by atoms with Gasteiger partial charge in [-0.25, -0.2) is 4.39 Å². The normalized spacial score (nSPS) is 13.8. The molecule has 0 heterocycles. The standard InChI is InChI=1S/C16H24ClFN2/c1-10(2)14-8-13(9-15(17)16(14)18)7-5-6-11(3)20-12(4)19/h8-11H,5-7H2,1-4H3,(H2,19,20). The van der Waals surface area contributed by atoms with Crippen LogP contribution < -0.4 is 5.73 Å². The molecule has 1 aromatic rings. The van der Waals surface area contributed by atoms with Crippen molar-refractivity contribution in [3.8, 4) is 0 Å². The van der Waals surface area contributed by atoms with Gasteiger partial charge in [0.15, 0.2) is 0 Å². The van der Waals surface area contributed by atoms with Gasteiger partial charge in [-0.1, -0.05) is 31.5 Å². The Kier molecular flexibility index (Phi) is 6.47. The average Bonchev–Trinajstić information content (AvgIpc) is 2.32. The van der Waals surface area contributed by atoms with E-state index in [9.17, 15) is 4.39 Å². The fourth-order valence-electron chi connectivity index (χ4n) is 2.25. The number of nitrogens with zero attached hydrogens (tertiary/aromatic N) is 1. The number of hydrogen-bond donors (Lipinski definition) is 1. The van der Waals surface area contributed by atoms with Gasteiger partial charge in [-0.15, -0.1) is 0 Å². The predicted molar refractivity (Wildman–Crippen MR) is 85.2 cm³/mol. The van der Waals surface area contributed by atoms with Crippen LogP contribution in [-0.2, 0) is 6.42 Å². The Balaban J connectivity index is 2.67. The van der Waals surface area contributed by atoms with Crippen molar-refractivity contribution < 1.29 is 4.39 Å². The van der Waals surface area contributed by atoms with Crippen LogP contribution in [0.2, 0.25) is 5.02 Å². The molecular weight excluding hydrogens is 275 g/mol. The Labute approximate surface area is 126 Å². The summed E-state index contributed by atoms with van der Waals surface area (Å²) < 4.78 is 13.9. The molecule has 2 N–H and O–H groups in total. The monoisotopic (exact) mass is 298 g/mol. The van der Waals surface area contributed by atoms with Gasteiger partial charge in [0, 0.05) is 6.04 Å². The fourth-order valence-corrected chi connectivity index (χ4v) is 2.50. The lowest BCUT2D eigenvalue weighted by molar-refractivity contribution is 0.594. The molecule has 2 nitrogen and oxygen atoms in total. The lowest BCUT2D eigenvalue weighted by atomic mass is 9.97. The van der Waals surface area contributed by atoms with Gasteiger partial charge in [-0.2, -0.15) is 0 Å². The van der Waals surface area contributed by atoms with Gasteiger partial charge in [0.1, 0.15) is 5.82 Å². The molecular formula is C16H24ClFN2. The van der Waals surface area contributed by atoms with Crippen LogP contribution in [0.15, 0.2) is 17.1 Å². The lowest BCUT2D eigenvalue weighted by Crippen LogP contribution is -2.11. The van der Waals surface area contributed by atoms with Crippen molar-refractivity contribution in [3.05, 3.63) is 34.1 Å². The highest BCUT2D eigenvalue weighted by atomic mass is 35.5. The molecule has 1 aromatic carbocycles. The minimum Gasteiger partial charge on any atom is -0.388 e. The highest BCUT2D eigenvalue weighted by molar-refractivity contribution is 6.30. The molecule has 1 unspecified atom stereocenters. The summed E-state index contributed by atoms with van der Waals surface area (Å²) in [6.45, 7) is 7.79. The summed E-state index contributed by atoms with van der Waals surface area (Å²) in [5.41, 5.74) is 7.33. The third kappa shape index (κ3) is 5.12. The van der Waals surface area contributed by atoms with Crippen LogP contribution in [0.5, 0.6) is 0 Å². The Morgan fingerprint density at radius 2 is 2.00 bits per heavy atom. The summed E-state index contributed by atoms with van der Waals surface area (Å²) in [6.07, 6.45) is 2.82. The number of nitrogens with two attached hydrogens (primary N) is 1. The molecule has 0 aliphatic rings. The van der Waals surface area contributed by atoms with E-state index in [0.29, 0.717) is 11.4 Å². The molecule has 1 rings (SSSR count). The van der Waals surface area contributed by atoms with E-state index in [1.54, 1.807) is 13.0 Å². The Bertz CT molecular complexity index is 480. The topological polar surface area (TPSA) is 38.4 Å². The van der Waals surface area contributed by atoms with Crippen molar-refractivity contribution in [2.45, 2.75) is 58.9 Å². The van der Waals surface area contributed by atoms with E-state index >= 15 is 0 Å². The number of rotatable bonds is 6. The summed E-state index contributed by atoms with van der Waals surface area (Å²) in [7, 11) is 0. The van der Waals surface area contributed by atoms with Gasteiger partial charge in [0.2, 0.25) is 0 Å². The van der Waals surface area contributed by atoms with Crippen LogP contribution >= 0.6 is 11.6 Å². The molecule has 4 heteroatoms. The summed E-state index contributed by atoms with van der Waals surface area (Å²) in [4.78, 5) is 4.29. The van der Waals surface area contributed by atoms with Gasteiger partial charge < -0.3 is 5.73 Å². The van der Waals surface area contributed by atoms with Crippen LogP contribution in [-0.4, -0.2) is 11.9 Å². The number of amidine groups is 1. The Morgan fingerprint density at radius 1 is 1.35 bits per heavy atom. The largest absolute Gasteiger partial charge is 0.388 e. The number of benzene rings is 1. The second-order valence-corrected chi connectivity index (χ2v) is 6.05. The first-order valence-corrected chi connectivity index (χ1v) is 7.46. The van der Waals surface area contributed by atoms with Crippen LogP contribution in [0.4, 0.5) is 4.39 Å². The van der Waals surface area contributed by atoms with E-state index in [4.69, 9.17) is 17.3 Å². The third-order valence-corrected chi connectivity index (χ3v) is 3.52. The van der Waals surface area contributed by atoms with Gasteiger partial charge in [0.05, 0.1) is 10.9 Å². The molecule has 0 saturated heterocycles. The van der Waals surface area contributed by atoms with E-state index in [-0.39, 0.29) is 22.8 Å². The summed E-state index contributed by atoms with van der Waals surface area (Å²) in [5.74, 6) is 0.461. The van der Waals surface area contributed by atoms with Crippen molar-refractivity contribution in [2.24, 2.45) is 10.7 Å². The predicted octanol–water partition coefficient (Wildman–Crippen LogP) is 4.69. The lowest BCUT2D eigenvalue weighted by Gasteiger charge is -2.12. The van der Waals surface area contributed by atoms with Crippen LogP contribution in [0.1, 0.15) is 57.6 Å². The van der Waals surface area contributed by atoms with Crippen molar-refractivity contribution in [1.82, 2.24) is 0 Å². The van der Waals surface area contributed by atoms with E-state index < -0.39 is 0 Å². The number of halogens is 2. The minimum atomic E-state index is -0.290. The van der Waals surface area contributed by atoms with E-state index in [1.165, 1.54) is 0 Å². The first kappa shape index (κ1) is 17.0. The molecule has 0 saturated carbocycles. The zero-order chi connectivity index (χ0) is 15.3. The van der Waals surface area contributed by atoms with Crippen molar-refractivity contribution in [3.63, 3.8) is 0 Å². The molecule has 0 amide bonds. The number of aliphatic imine (C=N–C) groups is 1. The third-order valence-electron chi connectivity index (χ3n) is 3.25. The van der Waals surface area contributed by atoms with Gasteiger partial charge in [-0.3, -0.25) is 4.99 Å². The molecule has 0 aromatic heterocycles. The summed E-state index contributed by atoms with van der Waals surface area (Å²) in [5, 5.41) is 0.218. The highest BCUT2D eigenvalue weighted by Gasteiger charge is 2.12. The maximum atomic E-state index is 13.9. The van der Waals surface area contributed by atoms with Crippen molar-refractivity contribution >= 4 is 17.4 Å². The second-order valence-electron chi connectivity index (χ2n) is 5.65. The smallest absolute Gasteiger partial charge is 0.145 e. The number of hydrogen-bond acceptors (Lipinski definition) is 1. The second kappa shape index (κ2) is 7.63. The zero-order valence-electron chi connectivity index (χ0n) is 12.7. The molecule has 0 aliphatic carbocycles. The highest BCUT2D eigenvalue weighted by Crippen LogP contribution is 2.27. The molecule has 20 heavy (non-hydrogen) atoms. The maximum Gasteiger partial charge on any atom is 0.145 e. The van der Waals surface area contributed by atoms with E-state index in [0.717, 1.165) is 24.8 Å². The molecule has 112 valence electrons. The average molecular weight is 299 g/mol. The quantitative estimate of drug-likeness (QED) is 0.600. The van der Waals surface area contributed by atoms with Gasteiger partial charge in [0.25, 0.3) is 0 Å². The molecule has 0 radical (unpaired) electrons. The Morgan fingerprint density at radius 3 is 2.55 bits per heavy atom. The Hall–Kier alpha value is -1.09. The number of aryl methyl sites for hydroxylation is 1. The van der Waals surface area contributed by atoms with Gasteiger partial charge in [-0.05, 0) is 56.2 Å². The minimum absolute atomic E-state index is 0.135. The molecule has 0 bridgehead atoms. The molecule has 0 spiro atoms. The van der Waals surface area contributed by atoms with Gasteiger partial charge >= 0.3 is 0 Å². The fraction of sp³-hybridized carbons (Fsp3) is 0.562. The summed E-state index contributed by atoms with van der Waals surface area (Å²) in [6, 6.07) is 3.87. The first-order chi connectivity index (χ1) is 9.31. The summed E-state index contributed by atoms with van der Waals surface area (Å²) >= 11 is 5.96. The molecule has 0 fully saturated rings. The van der Waals surface area contributed by atoms with Crippen LogP contribution in [0.25, 0.3) is 0 Å². The first-order valence-electron chi connectivity index (χ1n) is 7.09. The molecule has 1 atom stereocenters. The van der Waals surface area contributed by atoms with Crippen LogP contribution in [0.3, 0.4) is 0 Å². The van der Waals surface area contributed by atoms with Crippen LogP contribution in [0, 0.1) is 5.82 Å². The van der Waals surface area contributed by atoms with Crippen molar-refractivity contribution in [1.29, 1.82) is 0 Å². The SMILES string of the molecule is CC(N)=NC(C)CCCc1cc(Cl)c(F)c(C(C)C)c1. The van der Waals surface area contributed by atoms with E-state index in [1.807, 2.05) is 26.8 Å².